The SMILES string of the molecule is COc1ccc([C@H](CNC(=O)c2ccccc2F)N(C)C)cc1OC. The van der Waals surface area contributed by atoms with Gasteiger partial charge in [0.25, 0.3) is 5.91 Å². The van der Waals surface area contributed by atoms with Crippen molar-refractivity contribution in [3.63, 3.8) is 0 Å². The molecule has 0 radical (unpaired) electrons. The maximum Gasteiger partial charge on any atom is 0.254 e. The molecule has 6 heteroatoms. The van der Waals surface area contributed by atoms with Gasteiger partial charge in [0.2, 0.25) is 0 Å². The Morgan fingerprint density at radius 2 is 1.80 bits per heavy atom. The van der Waals surface area contributed by atoms with Crippen molar-refractivity contribution in [3.8, 4) is 11.5 Å². The number of rotatable bonds is 7. The summed E-state index contributed by atoms with van der Waals surface area (Å²) >= 11 is 0. The van der Waals surface area contributed by atoms with Gasteiger partial charge in [-0.15, -0.1) is 0 Å². The van der Waals surface area contributed by atoms with Crippen LogP contribution < -0.4 is 14.8 Å². The highest BCUT2D eigenvalue weighted by Crippen LogP contribution is 2.31. The van der Waals surface area contributed by atoms with Gasteiger partial charge >= 0.3 is 0 Å². The summed E-state index contributed by atoms with van der Waals surface area (Å²) in [5.74, 6) is 0.282. The van der Waals surface area contributed by atoms with Crippen molar-refractivity contribution in [1.82, 2.24) is 10.2 Å². The Bertz CT molecular complexity index is 734. The molecule has 1 amide bonds. The molecule has 5 nitrogen and oxygen atoms in total. The van der Waals surface area contributed by atoms with Gasteiger partial charge in [0.15, 0.2) is 11.5 Å². The summed E-state index contributed by atoms with van der Waals surface area (Å²) in [6, 6.07) is 11.4. The Kier molecular flexibility index (Phi) is 6.36. The van der Waals surface area contributed by atoms with Crippen LogP contribution >= 0.6 is 0 Å². The topological polar surface area (TPSA) is 50.8 Å². The molecule has 2 aromatic rings. The van der Waals surface area contributed by atoms with Crippen LogP contribution in [0.5, 0.6) is 11.5 Å². The Morgan fingerprint density at radius 3 is 2.40 bits per heavy atom. The number of amides is 1. The van der Waals surface area contributed by atoms with E-state index in [2.05, 4.69) is 5.32 Å². The number of carbonyl (C=O) groups excluding carboxylic acids is 1. The third-order valence-electron chi connectivity index (χ3n) is 3.99. The van der Waals surface area contributed by atoms with Crippen LogP contribution in [0.25, 0.3) is 0 Å². The summed E-state index contributed by atoms with van der Waals surface area (Å²) in [6.07, 6.45) is 0. The first-order valence-electron chi connectivity index (χ1n) is 7.89. The van der Waals surface area contributed by atoms with Crippen molar-refractivity contribution in [3.05, 3.63) is 59.4 Å². The Morgan fingerprint density at radius 1 is 1.12 bits per heavy atom. The van der Waals surface area contributed by atoms with Crippen LogP contribution in [-0.2, 0) is 0 Å². The second-order valence-corrected chi connectivity index (χ2v) is 5.78. The van der Waals surface area contributed by atoms with Gasteiger partial charge < -0.3 is 19.7 Å². The van der Waals surface area contributed by atoms with Crippen molar-refractivity contribution in [1.29, 1.82) is 0 Å². The van der Waals surface area contributed by atoms with Crippen molar-refractivity contribution >= 4 is 5.91 Å². The molecule has 25 heavy (non-hydrogen) atoms. The van der Waals surface area contributed by atoms with Crippen molar-refractivity contribution in [2.45, 2.75) is 6.04 Å². The molecule has 0 unspecified atom stereocenters. The average molecular weight is 346 g/mol. The quantitative estimate of drug-likeness (QED) is 0.838. The van der Waals surface area contributed by atoms with Crippen LogP contribution in [0, 0.1) is 5.82 Å². The van der Waals surface area contributed by atoms with E-state index in [1.165, 1.54) is 12.1 Å². The summed E-state index contributed by atoms with van der Waals surface area (Å²) in [7, 11) is 6.98. The molecule has 2 aromatic carbocycles. The van der Waals surface area contributed by atoms with Gasteiger partial charge in [-0.1, -0.05) is 18.2 Å². The molecule has 0 saturated heterocycles. The van der Waals surface area contributed by atoms with Crippen LogP contribution in [0.15, 0.2) is 42.5 Å². The average Bonchev–Trinajstić information content (AvgIpc) is 2.61. The van der Waals surface area contributed by atoms with Crippen LogP contribution in [-0.4, -0.2) is 45.7 Å². The molecule has 2 rings (SSSR count). The third-order valence-corrected chi connectivity index (χ3v) is 3.99. The molecule has 134 valence electrons. The van der Waals surface area contributed by atoms with Gasteiger partial charge in [-0.25, -0.2) is 4.39 Å². The molecular weight excluding hydrogens is 323 g/mol. The number of carbonyl (C=O) groups is 1. The van der Waals surface area contributed by atoms with Gasteiger partial charge in [0, 0.05) is 6.54 Å². The number of benzene rings is 2. The van der Waals surface area contributed by atoms with E-state index in [1.807, 2.05) is 37.2 Å². The second-order valence-electron chi connectivity index (χ2n) is 5.78. The molecule has 0 aliphatic heterocycles. The lowest BCUT2D eigenvalue weighted by Gasteiger charge is -2.26. The summed E-state index contributed by atoms with van der Waals surface area (Å²) in [5.41, 5.74) is 0.990. The standard InChI is InChI=1S/C19H23FN2O3/c1-22(2)16(13-9-10-17(24-3)18(11-13)25-4)12-21-19(23)14-7-5-6-8-15(14)20/h5-11,16H,12H2,1-4H3,(H,21,23)/t16-/m0/s1. The maximum atomic E-state index is 13.7. The molecule has 0 saturated carbocycles. The van der Waals surface area contributed by atoms with Crippen molar-refractivity contribution in [2.24, 2.45) is 0 Å². The zero-order valence-corrected chi connectivity index (χ0v) is 14.9. The van der Waals surface area contributed by atoms with E-state index >= 15 is 0 Å². The van der Waals surface area contributed by atoms with E-state index in [0.29, 0.717) is 18.0 Å². The minimum absolute atomic E-state index is 0.0346. The van der Waals surface area contributed by atoms with Gasteiger partial charge in [-0.3, -0.25) is 4.79 Å². The minimum Gasteiger partial charge on any atom is -0.493 e. The third kappa shape index (κ3) is 4.48. The van der Waals surface area contributed by atoms with Crippen molar-refractivity contribution < 1.29 is 18.7 Å². The van der Waals surface area contributed by atoms with Crippen LogP contribution in [0.1, 0.15) is 22.0 Å². The van der Waals surface area contributed by atoms with E-state index < -0.39 is 11.7 Å². The molecule has 0 heterocycles. The van der Waals surface area contributed by atoms with E-state index in [-0.39, 0.29) is 11.6 Å². The highest BCUT2D eigenvalue weighted by molar-refractivity contribution is 5.94. The summed E-state index contributed by atoms with van der Waals surface area (Å²) in [5, 5.41) is 2.79. The van der Waals surface area contributed by atoms with Crippen LogP contribution in [0.3, 0.4) is 0 Å². The molecule has 0 bridgehead atoms. The van der Waals surface area contributed by atoms with Crippen molar-refractivity contribution in [2.75, 3.05) is 34.9 Å². The number of likely N-dealkylation sites (N-methyl/N-ethyl adjacent to an activating group) is 1. The number of hydrogen-bond donors (Lipinski definition) is 1. The van der Waals surface area contributed by atoms with E-state index in [4.69, 9.17) is 9.47 Å². The number of halogens is 1. The number of nitrogens with zero attached hydrogens (tertiary/aromatic N) is 1. The number of hydrogen-bond acceptors (Lipinski definition) is 4. The minimum atomic E-state index is -0.535. The highest BCUT2D eigenvalue weighted by atomic mass is 19.1. The zero-order valence-electron chi connectivity index (χ0n) is 14.9. The number of ether oxygens (including phenoxy) is 2. The summed E-state index contributed by atoms with van der Waals surface area (Å²) in [6.45, 7) is 0.329. The Labute approximate surface area is 147 Å². The lowest BCUT2D eigenvalue weighted by Crippen LogP contribution is -2.34. The van der Waals surface area contributed by atoms with Gasteiger partial charge in [-0.05, 0) is 43.9 Å². The first-order chi connectivity index (χ1) is 12.0. The highest BCUT2D eigenvalue weighted by Gasteiger charge is 2.19. The monoisotopic (exact) mass is 346 g/mol. The fourth-order valence-corrected chi connectivity index (χ4v) is 2.59. The van der Waals surface area contributed by atoms with E-state index in [1.54, 1.807) is 26.4 Å². The first kappa shape index (κ1) is 18.7. The summed E-state index contributed by atoms with van der Waals surface area (Å²) < 4.78 is 24.3. The van der Waals surface area contributed by atoms with Gasteiger partial charge in [-0.2, -0.15) is 0 Å². The largest absolute Gasteiger partial charge is 0.493 e. The smallest absolute Gasteiger partial charge is 0.254 e. The fourth-order valence-electron chi connectivity index (χ4n) is 2.59. The van der Waals surface area contributed by atoms with Crippen LogP contribution in [0.2, 0.25) is 0 Å². The predicted molar refractivity (Wildman–Crippen MR) is 94.7 cm³/mol. The number of nitrogens with one attached hydrogen (secondary N) is 1. The molecule has 0 aliphatic carbocycles. The lowest BCUT2D eigenvalue weighted by atomic mass is 10.0. The van der Waals surface area contributed by atoms with Gasteiger partial charge in [0.1, 0.15) is 5.82 Å². The fraction of sp³-hybridized carbons (Fsp3) is 0.316. The van der Waals surface area contributed by atoms with Crippen LogP contribution in [0.4, 0.5) is 4.39 Å². The zero-order chi connectivity index (χ0) is 18.4. The molecule has 1 atom stereocenters. The molecular formula is C19H23FN2O3. The predicted octanol–water partition coefficient (Wildman–Crippen LogP) is 2.88. The molecule has 1 N–H and O–H groups in total. The van der Waals surface area contributed by atoms with Gasteiger partial charge in [0.05, 0.1) is 25.8 Å². The first-order valence-corrected chi connectivity index (χ1v) is 7.89. The lowest BCUT2D eigenvalue weighted by molar-refractivity contribution is 0.0938. The Hall–Kier alpha value is -2.60. The molecule has 0 fully saturated rings. The maximum absolute atomic E-state index is 13.7. The van der Waals surface area contributed by atoms with E-state index in [9.17, 15) is 9.18 Å². The summed E-state index contributed by atoms with van der Waals surface area (Å²) in [4.78, 5) is 14.2. The molecule has 0 aliphatic rings. The normalized spacial score (nSPS) is 11.9. The Balaban J connectivity index is 2.16. The second kappa shape index (κ2) is 8.48. The van der Waals surface area contributed by atoms with E-state index in [0.717, 1.165) is 5.56 Å². The molecule has 0 aromatic heterocycles. The number of methoxy groups -OCH3 is 2. The molecule has 0 spiro atoms.